The van der Waals surface area contributed by atoms with E-state index < -0.39 is 29.6 Å². The summed E-state index contributed by atoms with van der Waals surface area (Å²) in [6, 6.07) is 14.0. The third-order valence-electron chi connectivity index (χ3n) is 4.72. The van der Waals surface area contributed by atoms with Crippen molar-refractivity contribution in [3.63, 3.8) is 0 Å². The van der Waals surface area contributed by atoms with Gasteiger partial charge in [0.2, 0.25) is 0 Å². The summed E-state index contributed by atoms with van der Waals surface area (Å²) in [5, 5.41) is 0. The fraction of sp³-hybridized carbons (Fsp3) is 0.115. The summed E-state index contributed by atoms with van der Waals surface area (Å²) in [6.45, 7) is -0.350. The van der Waals surface area contributed by atoms with E-state index in [9.17, 15) is 27.6 Å². The SMILES string of the molecule is Nc1cc(N)cc(C(=O)OCCOC(=O)C=Cc2ccc(OC(=O)c3ccc(C(F)(F)F)cc3)cc2)c1. The average molecular weight is 514 g/mol. The number of ether oxygens (including phenoxy) is 3. The van der Waals surface area contributed by atoms with Crippen LogP contribution in [0.1, 0.15) is 31.8 Å². The molecule has 0 spiro atoms. The number of nitrogen functional groups attached to an aromatic ring is 2. The van der Waals surface area contributed by atoms with E-state index >= 15 is 0 Å². The van der Waals surface area contributed by atoms with Crippen molar-refractivity contribution in [3.05, 3.63) is 95.1 Å². The first-order chi connectivity index (χ1) is 17.5. The summed E-state index contributed by atoms with van der Waals surface area (Å²) in [4.78, 5) is 36.0. The third-order valence-corrected chi connectivity index (χ3v) is 4.72. The van der Waals surface area contributed by atoms with Crippen LogP contribution in [0.2, 0.25) is 0 Å². The van der Waals surface area contributed by atoms with Crippen molar-refractivity contribution < 1.29 is 41.8 Å². The van der Waals surface area contributed by atoms with Crippen molar-refractivity contribution in [1.82, 2.24) is 0 Å². The Morgan fingerprint density at radius 2 is 1.35 bits per heavy atom. The highest BCUT2D eigenvalue weighted by atomic mass is 19.4. The fourth-order valence-corrected chi connectivity index (χ4v) is 2.97. The number of hydrogen-bond acceptors (Lipinski definition) is 8. The molecule has 3 aromatic carbocycles. The molecule has 11 heteroatoms. The molecule has 4 N–H and O–H groups in total. The lowest BCUT2D eigenvalue weighted by molar-refractivity contribution is -0.139. The van der Waals surface area contributed by atoms with Crippen molar-refractivity contribution in [1.29, 1.82) is 0 Å². The van der Waals surface area contributed by atoms with Crippen LogP contribution in [-0.4, -0.2) is 31.1 Å². The molecule has 0 heterocycles. The predicted octanol–water partition coefficient (Wildman–Crippen LogP) is 4.50. The van der Waals surface area contributed by atoms with Gasteiger partial charge in [0.1, 0.15) is 19.0 Å². The van der Waals surface area contributed by atoms with Gasteiger partial charge in [-0.2, -0.15) is 13.2 Å². The van der Waals surface area contributed by atoms with Crippen LogP contribution in [0, 0.1) is 0 Å². The van der Waals surface area contributed by atoms with E-state index in [4.69, 9.17) is 25.7 Å². The quantitative estimate of drug-likeness (QED) is 0.148. The Morgan fingerprint density at radius 1 is 0.757 bits per heavy atom. The van der Waals surface area contributed by atoms with Gasteiger partial charge in [0, 0.05) is 17.5 Å². The number of rotatable bonds is 8. The number of benzene rings is 3. The minimum atomic E-state index is -4.50. The first kappa shape index (κ1) is 26.8. The molecule has 3 aromatic rings. The van der Waals surface area contributed by atoms with Gasteiger partial charge in [-0.05, 0) is 66.2 Å². The van der Waals surface area contributed by atoms with Crippen molar-refractivity contribution in [2.45, 2.75) is 6.18 Å². The molecule has 0 saturated heterocycles. The minimum Gasteiger partial charge on any atom is -0.459 e. The lowest BCUT2D eigenvalue weighted by Crippen LogP contribution is -2.13. The summed E-state index contributed by atoms with van der Waals surface area (Å²) in [5.41, 5.74) is 11.7. The predicted molar refractivity (Wildman–Crippen MR) is 128 cm³/mol. The second-order valence-electron chi connectivity index (χ2n) is 7.56. The fourth-order valence-electron chi connectivity index (χ4n) is 2.97. The van der Waals surface area contributed by atoms with Crippen molar-refractivity contribution >= 4 is 35.4 Å². The van der Waals surface area contributed by atoms with Gasteiger partial charge in [0.25, 0.3) is 0 Å². The highest BCUT2D eigenvalue weighted by Gasteiger charge is 2.30. The molecule has 0 radical (unpaired) electrons. The van der Waals surface area contributed by atoms with Gasteiger partial charge in [0.05, 0.1) is 16.7 Å². The minimum absolute atomic E-state index is 0.0394. The Labute approximate surface area is 209 Å². The van der Waals surface area contributed by atoms with E-state index in [0.29, 0.717) is 16.9 Å². The molecular weight excluding hydrogens is 493 g/mol. The van der Waals surface area contributed by atoms with Crippen LogP contribution in [0.3, 0.4) is 0 Å². The van der Waals surface area contributed by atoms with E-state index in [1.165, 1.54) is 36.4 Å². The van der Waals surface area contributed by atoms with Crippen LogP contribution in [0.15, 0.2) is 72.8 Å². The van der Waals surface area contributed by atoms with Crippen LogP contribution in [-0.2, 0) is 20.4 Å². The number of carbonyl (C=O) groups excluding carboxylic acids is 3. The number of hydrogen-bond donors (Lipinski definition) is 2. The molecule has 0 saturated carbocycles. The third kappa shape index (κ3) is 8.13. The second-order valence-corrected chi connectivity index (χ2v) is 7.56. The van der Waals surface area contributed by atoms with E-state index in [-0.39, 0.29) is 30.1 Å². The molecule has 3 rings (SSSR count). The Morgan fingerprint density at radius 3 is 1.95 bits per heavy atom. The number of anilines is 2. The molecule has 0 fully saturated rings. The molecule has 192 valence electrons. The first-order valence-corrected chi connectivity index (χ1v) is 10.7. The van der Waals surface area contributed by atoms with Crippen molar-refractivity contribution in [2.75, 3.05) is 24.7 Å². The highest BCUT2D eigenvalue weighted by Crippen LogP contribution is 2.29. The maximum Gasteiger partial charge on any atom is 0.416 e. The number of nitrogens with two attached hydrogens (primary N) is 2. The molecule has 0 amide bonds. The first-order valence-electron chi connectivity index (χ1n) is 10.7. The molecule has 0 aromatic heterocycles. The number of carbonyl (C=O) groups is 3. The maximum atomic E-state index is 12.6. The van der Waals surface area contributed by atoms with E-state index in [2.05, 4.69) is 0 Å². The number of esters is 3. The Balaban J connectivity index is 1.43. The highest BCUT2D eigenvalue weighted by molar-refractivity contribution is 5.92. The number of alkyl halides is 3. The molecule has 0 bridgehead atoms. The van der Waals surface area contributed by atoms with E-state index in [1.807, 2.05) is 0 Å². The summed E-state index contributed by atoms with van der Waals surface area (Å²) in [6.07, 6.45) is -1.90. The smallest absolute Gasteiger partial charge is 0.416 e. The molecule has 0 unspecified atom stereocenters. The Kier molecular flexibility index (Phi) is 8.51. The number of halogens is 3. The Bertz CT molecular complexity index is 1280. The molecule has 0 aliphatic carbocycles. The van der Waals surface area contributed by atoms with Crippen molar-refractivity contribution in [3.8, 4) is 5.75 Å². The van der Waals surface area contributed by atoms with E-state index in [0.717, 1.165) is 30.3 Å². The van der Waals surface area contributed by atoms with Gasteiger partial charge in [-0.1, -0.05) is 12.1 Å². The maximum absolute atomic E-state index is 12.6. The normalized spacial score (nSPS) is 11.2. The van der Waals surface area contributed by atoms with Crippen LogP contribution in [0.4, 0.5) is 24.5 Å². The summed E-state index contributed by atoms with van der Waals surface area (Å²) >= 11 is 0. The Hall–Kier alpha value is -4.80. The lowest BCUT2D eigenvalue weighted by Gasteiger charge is -2.08. The van der Waals surface area contributed by atoms with E-state index in [1.54, 1.807) is 12.1 Å². The van der Waals surface area contributed by atoms with Gasteiger partial charge < -0.3 is 25.7 Å². The van der Waals surface area contributed by atoms with Crippen LogP contribution >= 0.6 is 0 Å². The summed E-state index contributed by atoms with van der Waals surface area (Å²) < 4.78 is 53.0. The topological polar surface area (TPSA) is 131 Å². The molecule has 37 heavy (non-hydrogen) atoms. The largest absolute Gasteiger partial charge is 0.459 e. The monoisotopic (exact) mass is 514 g/mol. The van der Waals surface area contributed by atoms with Crippen LogP contribution in [0.5, 0.6) is 5.75 Å². The summed E-state index contributed by atoms with van der Waals surface area (Å²) in [5.74, 6) is -2.00. The molecule has 0 atom stereocenters. The molecule has 8 nitrogen and oxygen atoms in total. The molecule has 0 aliphatic rings. The molecule has 0 aliphatic heterocycles. The lowest BCUT2D eigenvalue weighted by atomic mass is 10.1. The molecular formula is C26H21F3N2O6. The van der Waals surface area contributed by atoms with Gasteiger partial charge in [0.15, 0.2) is 0 Å². The zero-order chi connectivity index (χ0) is 27.0. The van der Waals surface area contributed by atoms with Crippen molar-refractivity contribution in [2.24, 2.45) is 0 Å². The van der Waals surface area contributed by atoms with Gasteiger partial charge >= 0.3 is 24.1 Å². The van der Waals surface area contributed by atoms with Gasteiger partial charge in [-0.25, -0.2) is 14.4 Å². The van der Waals surface area contributed by atoms with Gasteiger partial charge in [-0.3, -0.25) is 0 Å². The zero-order valence-corrected chi connectivity index (χ0v) is 19.2. The van der Waals surface area contributed by atoms with Crippen LogP contribution < -0.4 is 16.2 Å². The summed E-state index contributed by atoms with van der Waals surface area (Å²) in [7, 11) is 0. The van der Waals surface area contributed by atoms with Crippen LogP contribution in [0.25, 0.3) is 6.08 Å². The second kappa shape index (κ2) is 11.8. The van der Waals surface area contributed by atoms with Gasteiger partial charge in [-0.15, -0.1) is 0 Å². The standard InChI is InChI=1S/C26H21F3N2O6/c27-26(28,29)19-6-4-17(5-7-19)25(34)37-22-8-1-16(2-9-22)3-10-23(32)35-11-12-36-24(33)18-13-20(30)15-21(31)14-18/h1-10,13-15H,11-12,30-31H2. The average Bonchev–Trinajstić information content (AvgIpc) is 2.85. The zero-order valence-electron chi connectivity index (χ0n) is 19.2.